The zero-order valence-electron chi connectivity index (χ0n) is 25.5. The summed E-state index contributed by atoms with van der Waals surface area (Å²) in [7, 11) is 0. The van der Waals surface area contributed by atoms with Crippen LogP contribution in [0.3, 0.4) is 0 Å². The fourth-order valence-corrected chi connectivity index (χ4v) is 32.4. The van der Waals surface area contributed by atoms with Gasteiger partial charge in [-0.25, -0.2) is 0 Å². The van der Waals surface area contributed by atoms with Crippen molar-refractivity contribution in [3.63, 3.8) is 0 Å². The fraction of sp³-hybridized carbons (Fsp3) is 0.143. The fourth-order valence-electron chi connectivity index (χ4n) is 6.20. The Kier molecular flexibility index (Phi) is 9.25. The monoisotopic (exact) mass is 934 g/mol. The Morgan fingerprint density at radius 3 is 0.462 bits per heavy atom. The molecule has 5 aromatic carbocycles. The van der Waals surface area contributed by atoms with E-state index in [9.17, 15) is 65.9 Å². The van der Waals surface area contributed by atoms with Crippen LogP contribution in [0.25, 0.3) is 0 Å². The average Bonchev–Trinajstić information content (AvgIpc) is 3.06. The second kappa shape index (κ2) is 12.2. The molecular formula is C35H20BrF15Te. The molecule has 0 nitrogen and oxygen atoms in total. The summed E-state index contributed by atoms with van der Waals surface area (Å²) >= 11 is -3.80. The Morgan fingerprint density at radius 1 is 0.250 bits per heavy atom. The summed E-state index contributed by atoms with van der Waals surface area (Å²) in [4.78, 5) is 0. The number of rotatable bonds is 5. The molecule has 0 fully saturated rings. The minimum atomic E-state index is -7.60. The molecule has 0 atom stereocenters. The molecule has 0 saturated heterocycles. The standard InChI is InChI=1S/C35H20BrF15Te/c36-52(26-11-1-21(2-12-26)31(37,38)39,27-13-3-22(4-14-27)32(40,41)42,28-15-5-23(6-16-28)33(43,44)45,29-17-7-24(8-18-29)34(46,47)48)30-19-9-25(10-20-30)35(49,50)51/h1-20H. The van der Waals surface area contributed by atoms with Gasteiger partial charge in [0.2, 0.25) is 0 Å². The van der Waals surface area contributed by atoms with Gasteiger partial charge >= 0.3 is 290 Å². The van der Waals surface area contributed by atoms with Gasteiger partial charge in [0.25, 0.3) is 0 Å². The quantitative estimate of drug-likeness (QED) is 0.122. The summed E-state index contributed by atoms with van der Waals surface area (Å²) < 4.78 is 207. The van der Waals surface area contributed by atoms with Crippen molar-refractivity contribution >= 4 is 44.0 Å². The minimum absolute atomic E-state index is 0.297. The molecule has 0 aliphatic rings. The molecule has 0 heterocycles. The molecule has 52 heavy (non-hydrogen) atoms. The van der Waals surface area contributed by atoms with Gasteiger partial charge in [-0.2, -0.15) is 0 Å². The Labute approximate surface area is 288 Å². The molecule has 0 aliphatic carbocycles. The Morgan fingerprint density at radius 2 is 0.365 bits per heavy atom. The second-order valence-corrected chi connectivity index (χ2v) is 37.1. The third kappa shape index (κ3) is 5.96. The normalized spacial score (nSPS) is 14.8. The molecule has 0 spiro atoms. The van der Waals surface area contributed by atoms with Crippen LogP contribution >= 0.6 is 12.8 Å². The van der Waals surface area contributed by atoms with Crippen LogP contribution in [0.1, 0.15) is 27.8 Å². The van der Waals surface area contributed by atoms with Crippen LogP contribution in [-0.4, -0.2) is 13.2 Å². The van der Waals surface area contributed by atoms with Gasteiger partial charge in [0.05, 0.1) is 0 Å². The molecule has 278 valence electrons. The van der Waals surface area contributed by atoms with Crippen molar-refractivity contribution in [1.29, 1.82) is 0 Å². The zero-order valence-corrected chi connectivity index (χ0v) is 29.4. The van der Waals surface area contributed by atoms with Gasteiger partial charge in [-0.3, -0.25) is 0 Å². The first-order valence-corrected chi connectivity index (χ1v) is 25.4. The molecule has 17 heteroatoms. The number of hydrogen-bond donors (Lipinski definition) is 0. The number of hydrogen-bond acceptors (Lipinski definition) is 0. The third-order valence-electron chi connectivity index (χ3n) is 8.71. The molecule has 0 bridgehead atoms. The van der Waals surface area contributed by atoms with Gasteiger partial charge in [0.1, 0.15) is 0 Å². The Bertz CT molecular complexity index is 1710. The summed E-state index contributed by atoms with van der Waals surface area (Å²) in [6, 6.07) is 14.0. The van der Waals surface area contributed by atoms with E-state index in [1.807, 2.05) is 0 Å². The van der Waals surface area contributed by atoms with Crippen molar-refractivity contribution in [3.8, 4) is 0 Å². The molecular weight excluding hydrogens is 913 g/mol. The van der Waals surface area contributed by atoms with Crippen molar-refractivity contribution in [2.45, 2.75) is 30.9 Å². The maximum absolute atomic E-state index is 13.9. The van der Waals surface area contributed by atoms with Crippen molar-refractivity contribution in [2.75, 3.05) is 0 Å². The van der Waals surface area contributed by atoms with Gasteiger partial charge in [-0.15, -0.1) is 0 Å². The number of alkyl halides is 15. The zero-order chi connectivity index (χ0) is 38.8. The van der Waals surface area contributed by atoms with E-state index in [4.69, 9.17) is 0 Å². The number of halogens is 16. The predicted molar refractivity (Wildman–Crippen MR) is 170 cm³/mol. The summed E-state index contributed by atoms with van der Waals surface area (Å²) in [5.74, 6) is 0. The molecule has 0 saturated carbocycles. The summed E-state index contributed by atoms with van der Waals surface area (Å²) in [6.45, 7) is 0. The Balaban J connectivity index is 2.16. The van der Waals surface area contributed by atoms with Crippen LogP contribution in [-0.2, 0) is 30.9 Å². The van der Waals surface area contributed by atoms with E-state index >= 15 is 0 Å². The van der Waals surface area contributed by atoms with E-state index in [2.05, 4.69) is 12.8 Å². The van der Waals surface area contributed by atoms with Gasteiger partial charge in [-0.05, 0) is 0 Å². The van der Waals surface area contributed by atoms with E-state index in [-0.39, 0.29) is 18.1 Å². The second-order valence-electron chi connectivity index (χ2n) is 11.5. The summed E-state index contributed by atoms with van der Waals surface area (Å²) in [5, 5.41) is 0. The van der Waals surface area contributed by atoms with E-state index in [1.54, 1.807) is 0 Å². The first-order chi connectivity index (χ1) is 23.7. The van der Waals surface area contributed by atoms with Crippen molar-refractivity contribution in [2.24, 2.45) is 0 Å². The van der Waals surface area contributed by atoms with Crippen molar-refractivity contribution in [1.82, 2.24) is 0 Å². The average molecular weight is 933 g/mol. The molecule has 0 aliphatic heterocycles. The van der Waals surface area contributed by atoms with Crippen LogP contribution in [0.4, 0.5) is 65.9 Å². The van der Waals surface area contributed by atoms with E-state index in [1.165, 1.54) is 0 Å². The third-order valence-corrected chi connectivity index (χ3v) is 41.1. The predicted octanol–water partition coefficient (Wildman–Crippen LogP) is 9.86. The first kappa shape index (κ1) is 39.5. The first-order valence-electron chi connectivity index (χ1n) is 14.4. The van der Waals surface area contributed by atoms with Gasteiger partial charge in [-0.1, -0.05) is 0 Å². The van der Waals surface area contributed by atoms with E-state index in [0.29, 0.717) is 60.7 Å². The van der Waals surface area contributed by atoms with Gasteiger partial charge in [0.15, 0.2) is 0 Å². The van der Waals surface area contributed by atoms with Gasteiger partial charge < -0.3 is 0 Å². The van der Waals surface area contributed by atoms with Crippen LogP contribution in [0.15, 0.2) is 121 Å². The molecule has 0 radical (unpaired) electrons. The van der Waals surface area contributed by atoms with Crippen LogP contribution in [0.5, 0.6) is 0 Å². The summed E-state index contributed by atoms with van der Waals surface area (Å²) in [5.41, 5.74) is -6.33. The van der Waals surface area contributed by atoms with E-state index < -0.39 is 71.9 Å². The van der Waals surface area contributed by atoms with Crippen LogP contribution < -0.4 is 18.1 Å². The Hall–Kier alpha value is -3.68. The van der Waals surface area contributed by atoms with Crippen molar-refractivity contribution < 1.29 is 65.9 Å². The van der Waals surface area contributed by atoms with Gasteiger partial charge in [0, 0.05) is 0 Å². The van der Waals surface area contributed by atoms with Crippen LogP contribution in [0.2, 0.25) is 0 Å². The SMILES string of the molecule is FC(F)(F)c1ccc([Te](Br)(c2ccc(C(F)(F)F)cc2)(c2ccc(C(F)(F)F)cc2)(c2ccc(C(F)(F)F)cc2)c2ccc(C(F)(F)F)cc2)cc1. The molecule has 0 N–H and O–H groups in total. The number of benzene rings is 5. The molecule has 5 rings (SSSR count). The van der Waals surface area contributed by atoms with Crippen LogP contribution in [0, 0.1) is 0 Å². The summed E-state index contributed by atoms with van der Waals surface area (Å²) in [6.07, 6.45) is -24.9. The molecule has 5 aromatic rings. The molecule has 0 amide bonds. The van der Waals surface area contributed by atoms with E-state index in [0.717, 1.165) is 60.7 Å². The molecule has 0 unspecified atom stereocenters. The topological polar surface area (TPSA) is 0 Å². The maximum atomic E-state index is 13.9. The molecule has 0 aromatic heterocycles. The van der Waals surface area contributed by atoms with Crippen molar-refractivity contribution in [3.05, 3.63) is 149 Å².